The third kappa shape index (κ3) is 4.09. The maximum Gasteiger partial charge on any atom is 0.225 e. The lowest BCUT2D eigenvalue weighted by Gasteiger charge is -2.26. The molecule has 0 radical (unpaired) electrons. The summed E-state index contributed by atoms with van der Waals surface area (Å²) in [5, 5.41) is 0. The molecular formula is C21H26N4O3. The summed E-state index contributed by atoms with van der Waals surface area (Å²) in [6.45, 7) is 6.75. The van der Waals surface area contributed by atoms with E-state index in [1.54, 1.807) is 0 Å². The first kappa shape index (κ1) is 18.7. The summed E-state index contributed by atoms with van der Waals surface area (Å²) in [4.78, 5) is 26.0. The highest BCUT2D eigenvalue weighted by atomic mass is 16.5. The zero-order valence-electron chi connectivity index (χ0n) is 16.3. The summed E-state index contributed by atoms with van der Waals surface area (Å²) in [5.41, 5.74) is 3.07. The van der Waals surface area contributed by atoms with Crippen LogP contribution in [-0.2, 0) is 29.0 Å². The molecule has 0 saturated carbocycles. The fourth-order valence-electron chi connectivity index (χ4n) is 3.64. The number of hydrogen-bond acceptors (Lipinski definition) is 6. The molecule has 7 heteroatoms. The van der Waals surface area contributed by atoms with E-state index in [-0.39, 0.29) is 5.91 Å². The van der Waals surface area contributed by atoms with Gasteiger partial charge in [-0.25, -0.2) is 9.97 Å². The van der Waals surface area contributed by atoms with Crippen LogP contribution in [0.15, 0.2) is 30.5 Å². The number of ether oxygens (including phenoxy) is 2. The number of anilines is 1. The van der Waals surface area contributed by atoms with E-state index in [9.17, 15) is 4.79 Å². The number of hydrogen-bond donors (Lipinski definition) is 0. The molecule has 2 aliphatic heterocycles. The quantitative estimate of drug-likeness (QED) is 0.763. The van der Waals surface area contributed by atoms with Crippen LogP contribution in [0.2, 0.25) is 0 Å². The van der Waals surface area contributed by atoms with Crippen molar-refractivity contribution in [2.45, 2.75) is 32.9 Å². The third-order valence-electron chi connectivity index (χ3n) is 5.17. The summed E-state index contributed by atoms with van der Waals surface area (Å²) >= 11 is 0. The number of aromatic nitrogens is 2. The Morgan fingerprint density at radius 1 is 1.21 bits per heavy atom. The number of fused-ring (bicyclic) bond motifs is 1. The fraction of sp³-hybridized carbons (Fsp3) is 0.476. The molecule has 0 aliphatic carbocycles. The van der Waals surface area contributed by atoms with Gasteiger partial charge in [-0.1, -0.05) is 18.2 Å². The van der Waals surface area contributed by atoms with Gasteiger partial charge < -0.3 is 19.3 Å². The Balaban J connectivity index is 1.37. The highest BCUT2D eigenvalue weighted by molar-refractivity contribution is 5.77. The van der Waals surface area contributed by atoms with Crippen molar-refractivity contribution in [3.8, 4) is 5.75 Å². The Labute approximate surface area is 165 Å². The highest BCUT2D eigenvalue weighted by Crippen LogP contribution is 2.25. The third-order valence-corrected chi connectivity index (χ3v) is 5.17. The fourth-order valence-corrected chi connectivity index (χ4v) is 3.64. The minimum Gasteiger partial charge on any atom is -0.494 e. The number of morpholine rings is 1. The van der Waals surface area contributed by atoms with E-state index in [1.165, 1.54) is 0 Å². The number of aryl methyl sites for hydroxylation is 1. The molecule has 7 nitrogen and oxygen atoms in total. The topological polar surface area (TPSA) is 67.8 Å². The molecule has 2 aliphatic rings. The van der Waals surface area contributed by atoms with Gasteiger partial charge in [0.25, 0.3) is 0 Å². The minimum absolute atomic E-state index is 0.136. The van der Waals surface area contributed by atoms with Crippen LogP contribution in [0.4, 0.5) is 5.95 Å². The van der Waals surface area contributed by atoms with E-state index < -0.39 is 0 Å². The molecule has 1 aromatic carbocycles. The van der Waals surface area contributed by atoms with Gasteiger partial charge in [-0.3, -0.25) is 4.79 Å². The smallest absolute Gasteiger partial charge is 0.225 e. The van der Waals surface area contributed by atoms with Gasteiger partial charge in [0.05, 0.1) is 32.1 Å². The number of amides is 1. The lowest BCUT2D eigenvalue weighted by Crippen LogP contribution is -2.37. The largest absolute Gasteiger partial charge is 0.494 e. The molecule has 4 rings (SSSR count). The van der Waals surface area contributed by atoms with Crippen molar-refractivity contribution in [3.63, 3.8) is 0 Å². The number of carbonyl (C=O) groups excluding carboxylic acids is 1. The summed E-state index contributed by atoms with van der Waals surface area (Å²) < 4.78 is 11.0. The summed E-state index contributed by atoms with van der Waals surface area (Å²) in [5.74, 6) is 1.74. The summed E-state index contributed by atoms with van der Waals surface area (Å²) in [6.07, 6.45) is 3.00. The molecule has 0 spiro atoms. The van der Waals surface area contributed by atoms with Crippen molar-refractivity contribution >= 4 is 11.9 Å². The van der Waals surface area contributed by atoms with Crippen LogP contribution in [0.1, 0.15) is 30.2 Å². The summed E-state index contributed by atoms with van der Waals surface area (Å²) in [6, 6.07) is 7.92. The molecule has 0 bridgehead atoms. The maximum absolute atomic E-state index is 12.8. The average molecular weight is 382 g/mol. The predicted molar refractivity (Wildman–Crippen MR) is 105 cm³/mol. The van der Waals surface area contributed by atoms with Crippen LogP contribution in [0.25, 0.3) is 0 Å². The zero-order chi connectivity index (χ0) is 19.3. The van der Waals surface area contributed by atoms with Crippen LogP contribution in [0.3, 0.4) is 0 Å². The Hall–Kier alpha value is -2.67. The van der Waals surface area contributed by atoms with Gasteiger partial charge in [0.1, 0.15) is 5.75 Å². The van der Waals surface area contributed by atoms with Crippen molar-refractivity contribution in [1.29, 1.82) is 0 Å². The van der Waals surface area contributed by atoms with E-state index in [1.807, 2.05) is 42.3 Å². The molecule has 28 heavy (non-hydrogen) atoms. The van der Waals surface area contributed by atoms with E-state index in [4.69, 9.17) is 14.5 Å². The molecule has 0 unspecified atom stereocenters. The first-order chi connectivity index (χ1) is 13.7. The first-order valence-corrected chi connectivity index (χ1v) is 9.90. The monoisotopic (exact) mass is 382 g/mol. The molecule has 3 heterocycles. The Morgan fingerprint density at radius 2 is 2.04 bits per heavy atom. The van der Waals surface area contributed by atoms with Crippen molar-refractivity contribution < 1.29 is 14.3 Å². The second kappa shape index (κ2) is 8.56. The molecule has 1 aromatic heterocycles. The van der Waals surface area contributed by atoms with Crippen LogP contribution < -0.4 is 9.64 Å². The van der Waals surface area contributed by atoms with Gasteiger partial charge >= 0.3 is 0 Å². The second-order valence-electron chi connectivity index (χ2n) is 7.03. The molecule has 0 N–H and O–H groups in total. The van der Waals surface area contributed by atoms with Crippen molar-refractivity contribution in [3.05, 3.63) is 47.3 Å². The second-order valence-corrected chi connectivity index (χ2v) is 7.03. The Kier molecular flexibility index (Phi) is 5.71. The molecular weight excluding hydrogens is 356 g/mol. The normalized spacial score (nSPS) is 16.2. The summed E-state index contributed by atoms with van der Waals surface area (Å²) in [7, 11) is 0. The van der Waals surface area contributed by atoms with E-state index in [0.717, 1.165) is 41.6 Å². The van der Waals surface area contributed by atoms with Gasteiger partial charge in [-0.15, -0.1) is 0 Å². The van der Waals surface area contributed by atoms with Gasteiger partial charge in [0.15, 0.2) is 0 Å². The van der Waals surface area contributed by atoms with Crippen molar-refractivity contribution in [2.24, 2.45) is 0 Å². The zero-order valence-corrected chi connectivity index (χ0v) is 16.3. The predicted octanol–water partition coefficient (Wildman–Crippen LogP) is 2.19. The van der Waals surface area contributed by atoms with Crippen molar-refractivity contribution in [1.82, 2.24) is 14.9 Å². The molecule has 0 atom stereocenters. The van der Waals surface area contributed by atoms with Crippen molar-refractivity contribution in [2.75, 3.05) is 37.8 Å². The van der Waals surface area contributed by atoms with Gasteiger partial charge in [-0.2, -0.15) is 0 Å². The highest BCUT2D eigenvalue weighted by Gasteiger charge is 2.26. The lowest BCUT2D eigenvalue weighted by molar-refractivity contribution is -0.131. The number of carbonyl (C=O) groups is 1. The van der Waals surface area contributed by atoms with Gasteiger partial charge in [0.2, 0.25) is 11.9 Å². The Bertz CT molecular complexity index is 836. The van der Waals surface area contributed by atoms with Crippen LogP contribution in [0, 0.1) is 0 Å². The number of rotatable bonds is 6. The van der Waals surface area contributed by atoms with Crippen LogP contribution >= 0.6 is 0 Å². The molecule has 1 amide bonds. The molecule has 148 valence electrons. The number of para-hydroxylation sites is 1. The average Bonchev–Trinajstić information content (AvgIpc) is 3.17. The first-order valence-electron chi connectivity index (χ1n) is 9.90. The lowest BCUT2D eigenvalue weighted by atomic mass is 10.1. The molecule has 1 saturated heterocycles. The number of benzene rings is 1. The standard InChI is InChI=1S/C21H26N4O3/c1-2-28-19-6-4-3-5-16(19)7-8-20(26)25-14-17-13-22-21(23-18(17)15-25)24-9-11-27-12-10-24/h3-6,13H,2,7-12,14-15H2,1H3. The number of nitrogens with zero attached hydrogens (tertiary/aromatic N) is 4. The van der Waals surface area contributed by atoms with Gasteiger partial charge in [-0.05, 0) is 25.0 Å². The molecule has 1 fully saturated rings. The van der Waals surface area contributed by atoms with Crippen LogP contribution in [-0.4, -0.2) is 53.7 Å². The maximum atomic E-state index is 12.8. The Morgan fingerprint density at radius 3 is 2.86 bits per heavy atom. The van der Waals surface area contributed by atoms with E-state index >= 15 is 0 Å². The van der Waals surface area contributed by atoms with Gasteiger partial charge in [0, 0.05) is 37.8 Å². The SMILES string of the molecule is CCOc1ccccc1CCC(=O)N1Cc2cnc(N3CCOCC3)nc2C1. The van der Waals surface area contributed by atoms with E-state index in [0.29, 0.717) is 45.8 Å². The van der Waals surface area contributed by atoms with Crippen LogP contribution in [0.5, 0.6) is 5.75 Å². The molecule has 2 aromatic rings. The van der Waals surface area contributed by atoms with E-state index in [2.05, 4.69) is 9.88 Å². The minimum atomic E-state index is 0.136.